The highest BCUT2D eigenvalue weighted by Gasteiger charge is 2.24. The molecule has 1 atom stereocenters. The van der Waals surface area contributed by atoms with E-state index in [1.807, 2.05) is 6.33 Å². The molecule has 4 nitrogen and oxygen atoms in total. The number of aryl methyl sites for hydroxylation is 1. The van der Waals surface area contributed by atoms with Gasteiger partial charge < -0.3 is 14.9 Å². The van der Waals surface area contributed by atoms with E-state index in [0.29, 0.717) is 6.04 Å². The van der Waals surface area contributed by atoms with Crippen LogP contribution in [0.5, 0.6) is 0 Å². The van der Waals surface area contributed by atoms with E-state index < -0.39 is 0 Å². The van der Waals surface area contributed by atoms with E-state index in [-0.39, 0.29) is 0 Å². The summed E-state index contributed by atoms with van der Waals surface area (Å²) in [6, 6.07) is 17.5. The summed E-state index contributed by atoms with van der Waals surface area (Å²) in [7, 11) is 0. The van der Waals surface area contributed by atoms with Gasteiger partial charge in [0.25, 0.3) is 0 Å². The minimum absolute atomic E-state index is 0.449. The average Bonchev–Trinajstić information content (AvgIpc) is 3.40. The van der Waals surface area contributed by atoms with Gasteiger partial charge in [-0.2, -0.15) is 0 Å². The van der Waals surface area contributed by atoms with Crippen LogP contribution in [0.2, 0.25) is 0 Å². The van der Waals surface area contributed by atoms with Crippen molar-refractivity contribution in [2.45, 2.75) is 19.4 Å². The molecule has 0 radical (unpaired) electrons. The van der Waals surface area contributed by atoms with Gasteiger partial charge in [0.15, 0.2) is 0 Å². The molecule has 1 fully saturated rings. The molecule has 4 heteroatoms. The first kappa shape index (κ1) is 15.4. The average molecular weight is 342 g/mol. The van der Waals surface area contributed by atoms with Crippen LogP contribution in [0, 0.1) is 6.92 Å². The van der Waals surface area contributed by atoms with Crippen molar-refractivity contribution in [3.05, 3.63) is 66.6 Å². The van der Waals surface area contributed by atoms with Crippen LogP contribution in [0.4, 0.5) is 0 Å². The molecule has 1 saturated heterocycles. The summed E-state index contributed by atoms with van der Waals surface area (Å²) >= 11 is 0. The smallest absolute Gasteiger partial charge is 0.0964 e. The lowest BCUT2D eigenvalue weighted by Gasteiger charge is -2.15. The first-order chi connectivity index (χ1) is 12.8. The topological polar surface area (TPSA) is 45.6 Å². The van der Waals surface area contributed by atoms with Crippen LogP contribution < -0.4 is 5.32 Å². The van der Waals surface area contributed by atoms with Gasteiger partial charge in [-0.05, 0) is 32.0 Å². The molecule has 4 aromatic rings. The fourth-order valence-electron chi connectivity index (χ4n) is 4.02. The molecule has 0 bridgehead atoms. The van der Waals surface area contributed by atoms with Crippen molar-refractivity contribution in [3.8, 4) is 22.5 Å². The van der Waals surface area contributed by atoms with Crippen LogP contribution in [0.3, 0.4) is 0 Å². The first-order valence-corrected chi connectivity index (χ1v) is 9.22. The molecule has 2 aromatic carbocycles. The van der Waals surface area contributed by atoms with E-state index in [2.05, 4.69) is 76.5 Å². The number of benzene rings is 2. The molecule has 1 aliphatic heterocycles. The van der Waals surface area contributed by atoms with E-state index in [9.17, 15) is 0 Å². The van der Waals surface area contributed by atoms with Gasteiger partial charge in [0.05, 0.1) is 17.7 Å². The van der Waals surface area contributed by atoms with E-state index >= 15 is 0 Å². The third kappa shape index (κ3) is 2.45. The standard InChI is InChI=1S/C22H22N4/c1-15-7-8-20-18(11-15)19(13-24-20)22-21(16-5-3-2-4-6-16)25-14-26(22)17-9-10-23-12-17/h2-8,11,13-14,17,23-24H,9-10,12H2,1H3. The van der Waals surface area contributed by atoms with Crippen molar-refractivity contribution in [2.75, 3.05) is 13.1 Å². The Kier molecular flexibility index (Phi) is 3.64. The fourth-order valence-corrected chi connectivity index (χ4v) is 4.02. The van der Waals surface area contributed by atoms with Crippen molar-refractivity contribution >= 4 is 10.9 Å². The number of hydrogen-bond donors (Lipinski definition) is 2. The van der Waals surface area contributed by atoms with E-state index in [1.165, 1.54) is 27.7 Å². The van der Waals surface area contributed by atoms with Gasteiger partial charge in [-0.15, -0.1) is 0 Å². The molecule has 1 aliphatic rings. The third-order valence-electron chi connectivity index (χ3n) is 5.36. The predicted octanol–water partition coefficient (Wildman–Crippen LogP) is 4.54. The second-order valence-corrected chi connectivity index (χ2v) is 7.11. The molecule has 0 saturated carbocycles. The molecule has 130 valence electrons. The van der Waals surface area contributed by atoms with Crippen molar-refractivity contribution < 1.29 is 0 Å². The SMILES string of the molecule is Cc1ccc2[nH]cc(-c3c(-c4ccccc4)ncn3C3CCNC3)c2c1. The fraction of sp³-hybridized carbons (Fsp3) is 0.227. The predicted molar refractivity (Wildman–Crippen MR) is 106 cm³/mol. The minimum Gasteiger partial charge on any atom is -0.360 e. The zero-order valence-corrected chi connectivity index (χ0v) is 14.9. The summed E-state index contributed by atoms with van der Waals surface area (Å²) in [6.07, 6.45) is 5.29. The number of fused-ring (bicyclic) bond motifs is 1. The zero-order valence-electron chi connectivity index (χ0n) is 14.9. The van der Waals surface area contributed by atoms with Crippen LogP contribution in [0.25, 0.3) is 33.4 Å². The highest BCUT2D eigenvalue weighted by atomic mass is 15.1. The molecule has 2 aromatic heterocycles. The number of aromatic amines is 1. The van der Waals surface area contributed by atoms with Crippen LogP contribution in [0.1, 0.15) is 18.0 Å². The van der Waals surface area contributed by atoms with Crippen molar-refractivity contribution in [2.24, 2.45) is 0 Å². The van der Waals surface area contributed by atoms with Gasteiger partial charge >= 0.3 is 0 Å². The lowest BCUT2D eigenvalue weighted by Crippen LogP contribution is -2.13. The number of nitrogens with zero attached hydrogens (tertiary/aromatic N) is 2. The van der Waals surface area contributed by atoms with Crippen molar-refractivity contribution in [1.29, 1.82) is 0 Å². The van der Waals surface area contributed by atoms with Crippen LogP contribution >= 0.6 is 0 Å². The Morgan fingerprint density at radius 1 is 1.12 bits per heavy atom. The lowest BCUT2D eigenvalue weighted by atomic mass is 10.0. The number of rotatable bonds is 3. The molecule has 0 spiro atoms. The lowest BCUT2D eigenvalue weighted by molar-refractivity contribution is 0.552. The Balaban J connectivity index is 1.77. The Labute approximate surface area is 152 Å². The third-order valence-corrected chi connectivity index (χ3v) is 5.36. The van der Waals surface area contributed by atoms with Gasteiger partial charge in [-0.1, -0.05) is 42.0 Å². The monoisotopic (exact) mass is 342 g/mol. The summed E-state index contributed by atoms with van der Waals surface area (Å²) < 4.78 is 2.37. The Morgan fingerprint density at radius 3 is 2.81 bits per heavy atom. The van der Waals surface area contributed by atoms with E-state index in [4.69, 9.17) is 4.98 Å². The van der Waals surface area contributed by atoms with Gasteiger partial charge in [-0.3, -0.25) is 0 Å². The van der Waals surface area contributed by atoms with E-state index in [1.54, 1.807) is 0 Å². The van der Waals surface area contributed by atoms with Crippen molar-refractivity contribution in [1.82, 2.24) is 19.9 Å². The van der Waals surface area contributed by atoms with Crippen LogP contribution in [-0.4, -0.2) is 27.6 Å². The van der Waals surface area contributed by atoms with Gasteiger partial charge in [0, 0.05) is 40.8 Å². The number of aromatic nitrogens is 3. The van der Waals surface area contributed by atoms with Crippen LogP contribution in [-0.2, 0) is 0 Å². The maximum atomic E-state index is 4.84. The number of H-pyrrole nitrogens is 1. The molecular weight excluding hydrogens is 320 g/mol. The molecule has 0 aliphatic carbocycles. The molecule has 2 N–H and O–H groups in total. The number of hydrogen-bond acceptors (Lipinski definition) is 2. The quantitative estimate of drug-likeness (QED) is 0.574. The Morgan fingerprint density at radius 2 is 2.00 bits per heavy atom. The highest BCUT2D eigenvalue weighted by molar-refractivity contribution is 5.98. The molecular formula is C22H22N4. The molecule has 0 amide bonds. The first-order valence-electron chi connectivity index (χ1n) is 9.22. The maximum absolute atomic E-state index is 4.84. The maximum Gasteiger partial charge on any atom is 0.0964 e. The summed E-state index contributed by atoms with van der Waals surface area (Å²) in [5, 5.41) is 4.74. The van der Waals surface area contributed by atoms with Gasteiger partial charge in [0.2, 0.25) is 0 Å². The second kappa shape index (κ2) is 6.15. The zero-order chi connectivity index (χ0) is 17.5. The number of nitrogens with one attached hydrogen (secondary N) is 2. The normalized spacial score (nSPS) is 17.2. The summed E-state index contributed by atoms with van der Waals surface area (Å²) in [6.45, 7) is 4.21. The summed E-state index contributed by atoms with van der Waals surface area (Å²) in [5.41, 5.74) is 7.10. The second-order valence-electron chi connectivity index (χ2n) is 7.11. The van der Waals surface area contributed by atoms with Gasteiger partial charge in [0.1, 0.15) is 0 Å². The number of imidazole rings is 1. The minimum atomic E-state index is 0.449. The van der Waals surface area contributed by atoms with Gasteiger partial charge in [-0.25, -0.2) is 4.98 Å². The molecule has 26 heavy (non-hydrogen) atoms. The summed E-state index contributed by atoms with van der Waals surface area (Å²) in [4.78, 5) is 8.28. The molecule has 3 heterocycles. The summed E-state index contributed by atoms with van der Waals surface area (Å²) in [5.74, 6) is 0. The highest BCUT2D eigenvalue weighted by Crippen LogP contribution is 2.38. The Hall–Kier alpha value is -2.85. The largest absolute Gasteiger partial charge is 0.360 e. The van der Waals surface area contributed by atoms with Crippen molar-refractivity contribution in [3.63, 3.8) is 0 Å². The Bertz CT molecular complexity index is 1050. The van der Waals surface area contributed by atoms with Crippen LogP contribution in [0.15, 0.2) is 61.1 Å². The molecule has 5 rings (SSSR count). The molecule has 1 unspecified atom stereocenters. The van der Waals surface area contributed by atoms with E-state index in [0.717, 1.165) is 30.8 Å².